The molecule has 2 heterocycles. The molecule has 0 spiro atoms. The first-order chi connectivity index (χ1) is 12.1. The fourth-order valence-corrected chi connectivity index (χ4v) is 2.98. The zero-order chi connectivity index (χ0) is 17.8. The quantitative estimate of drug-likeness (QED) is 0.926. The largest absolute Gasteiger partial charge is 0.381 e. The van der Waals surface area contributed by atoms with E-state index in [9.17, 15) is 9.18 Å². The maximum atomic E-state index is 13.9. The Morgan fingerprint density at radius 2 is 2.08 bits per heavy atom. The van der Waals surface area contributed by atoms with E-state index in [1.165, 1.54) is 10.7 Å². The minimum Gasteiger partial charge on any atom is -0.381 e. The van der Waals surface area contributed by atoms with Crippen LogP contribution in [0.5, 0.6) is 0 Å². The molecule has 1 fully saturated rings. The highest BCUT2D eigenvalue weighted by Gasteiger charge is 2.24. The third kappa shape index (κ3) is 3.99. The maximum absolute atomic E-state index is 13.9. The highest BCUT2D eigenvalue weighted by molar-refractivity contribution is 5.74. The zero-order valence-electron chi connectivity index (χ0n) is 14.5. The van der Waals surface area contributed by atoms with Gasteiger partial charge in [0.1, 0.15) is 11.5 Å². The highest BCUT2D eigenvalue weighted by atomic mass is 19.1. The molecule has 1 aliphatic rings. The molecule has 134 valence electrons. The molecule has 0 saturated carbocycles. The first kappa shape index (κ1) is 17.4. The van der Waals surface area contributed by atoms with Gasteiger partial charge in [0.2, 0.25) is 0 Å². The number of hydrogen-bond donors (Lipinski definition) is 1. The van der Waals surface area contributed by atoms with Crippen LogP contribution in [0, 0.1) is 5.82 Å². The molecule has 0 aliphatic carbocycles. The molecule has 1 aromatic heterocycles. The summed E-state index contributed by atoms with van der Waals surface area (Å²) in [5, 5.41) is 7.18. The maximum Gasteiger partial charge on any atom is 0.317 e. The van der Waals surface area contributed by atoms with E-state index in [0.29, 0.717) is 18.8 Å². The molecule has 0 unspecified atom stereocenters. The number of para-hydroxylation sites is 1. The molecule has 7 heteroatoms. The molecule has 3 rings (SSSR count). The van der Waals surface area contributed by atoms with Crippen molar-refractivity contribution in [3.8, 4) is 5.69 Å². The summed E-state index contributed by atoms with van der Waals surface area (Å²) in [5.74, 6) is -0.338. The average molecular weight is 346 g/mol. The van der Waals surface area contributed by atoms with Gasteiger partial charge in [0.25, 0.3) is 0 Å². The van der Waals surface area contributed by atoms with Gasteiger partial charge in [0.05, 0.1) is 18.3 Å². The predicted octanol–water partition coefficient (Wildman–Crippen LogP) is 2.89. The van der Waals surface area contributed by atoms with E-state index in [1.54, 1.807) is 42.6 Å². The Balaban J connectivity index is 1.61. The summed E-state index contributed by atoms with van der Waals surface area (Å²) in [5.41, 5.74) is 1.21. The van der Waals surface area contributed by atoms with Crippen LogP contribution in [-0.4, -0.2) is 47.0 Å². The monoisotopic (exact) mass is 346 g/mol. The number of benzene rings is 1. The van der Waals surface area contributed by atoms with Crippen LogP contribution in [0.1, 0.15) is 31.4 Å². The van der Waals surface area contributed by atoms with Crippen LogP contribution >= 0.6 is 0 Å². The van der Waals surface area contributed by atoms with Gasteiger partial charge >= 0.3 is 6.03 Å². The summed E-state index contributed by atoms with van der Waals surface area (Å²) >= 11 is 0. The number of nitrogens with zero attached hydrogens (tertiary/aromatic N) is 3. The van der Waals surface area contributed by atoms with Gasteiger partial charge in [-0.2, -0.15) is 5.10 Å². The third-order valence-corrected chi connectivity index (χ3v) is 4.60. The lowest BCUT2D eigenvalue weighted by molar-refractivity contribution is 0.0500. The number of ether oxygens (including phenoxy) is 1. The van der Waals surface area contributed by atoms with Crippen LogP contribution in [-0.2, 0) is 4.74 Å². The van der Waals surface area contributed by atoms with Gasteiger partial charge in [0, 0.05) is 32.0 Å². The van der Waals surface area contributed by atoms with Gasteiger partial charge in [-0.05, 0) is 31.9 Å². The molecule has 1 aliphatic heterocycles. The minimum atomic E-state index is -0.338. The second-order valence-electron chi connectivity index (χ2n) is 6.26. The van der Waals surface area contributed by atoms with Crippen molar-refractivity contribution in [2.45, 2.75) is 31.9 Å². The van der Waals surface area contributed by atoms with Gasteiger partial charge in [-0.1, -0.05) is 12.1 Å². The fraction of sp³-hybridized carbons (Fsp3) is 0.444. The molecule has 6 nitrogen and oxygen atoms in total. The van der Waals surface area contributed by atoms with E-state index < -0.39 is 0 Å². The SMILES string of the molecule is COC1CCN(C(=O)N[C@H](C)c2cnn(-c3ccccc3F)c2)CC1. The van der Waals surface area contributed by atoms with Crippen LogP contribution < -0.4 is 5.32 Å². The van der Waals surface area contributed by atoms with E-state index in [1.807, 2.05) is 6.92 Å². The number of carbonyl (C=O) groups excluding carboxylic acids is 1. The van der Waals surface area contributed by atoms with Crippen LogP contribution in [0.25, 0.3) is 5.69 Å². The summed E-state index contributed by atoms with van der Waals surface area (Å²) in [7, 11) is 1.70. The van der Waals surface area contributed by atoms with Gasteiger partial charge in [-0.15, -0.1) is 0 Å². The molecular weight excluding hydrogens is 323 g/mol. The summed E-state index contributed by atoms with van der Waals surface area (Å²) in [6.45, 7) is 3.26. The van der Waals surface area contributed by atoms with Gasteiger partial charge < -0.3 is 15.0 Å². The second-order valence-corrected chi connectivity index (χ2v) is 6.26. The summed E-state index contributed by atoms with van der Waals surface area (Å²) < 4.78 is 20.7. The Labute approximate surface area is 146 Å². The van der Waals surface area contributed by atoms with Gasteiger partial charge in [-0.3, -0.25) is 0 Å². The fourth-order valence-electron chi connectivity index (χ4n) is 2.98. The van der Waals surface area contributed by atoms with Crippen LogP contribution in [0.3, 0.4) is 0 Å². The zero-order valence-corrected chi connectivity index (χ0v) is 14.5. The lowest BCUT2D eigenvalue weighted by Crippen LogP contribution is -2.46. The normalized spacial score (nSPS) is 16.7. The van der Waals surface area contributed by atoms with Crippen molar-refractivity contribution in [3.63, 3.8) is 0 Å². The second kappa shape index (κ2) is 7.65. The molecule has 1 saturated heterocycles. The van der Waals surface area contributed by atoms with Crippen LogP contribution in [0.2, 0.25) is 0 Å². The lowest BCUT2D eigenvalue weighted by atomic mass is 10.1. The van der Waals surface area contributed by atoms with Crippen molar-refractivity contribution < 1.29 is 13.9 Å². The number of halogens is 1. The highest BCUT2D eigenvalue weighted by Crippen LogP contribution is 2.18. The standard InChI is InChI=1S/C18H23FN4O2/c1-13(21-18(24)22-9-7-15(25-2)8-10-22)14-11-20-23(12-14)17-6-4-3-5-16(17)19/h3-6,11-13,15H,7-10H2,1-2H3,(H,21,24)/t13-/m1/s1. The summed E-state index contributed by atoms with van der Waals surface area (Å²) in [6, 6.07) is 6.14. The molecule has 0 radical (unpaired) electrons. The molecule has 1 aromatic carbocycles. The van der Waals surface area contributed by atoms with Crippen LogP contribution in [0.15, 0.2) is 36.7 Å². The van der Waals surface area contributed by atoms with E-state index in [0.717, 1.165) is 18.4 Å². The Kier molecular flexibility index (Phi) is 5.33. The van der Waals surface area contributed by atoms with Crippen molar-refractivity contribution in [2.75, 3.05) is 20.2 Å². The van der Waals surface area contributed by atoms with E-state index in [-0.39, 0.29) is 24.0 Å². The molecule has 1 atom stereocenters. The van der Waals surface area contributed by atoms with Crippen molar-refractivity contribution >= 4 is 6.03 Å². The molecule has 1 N–H and O–H groups in total. The van der Waals surface area contributed by atoms with Crippen molar-refractivity contribution in [1.82, 2.24) is 20.0 Å². The first-order valence-electron chi connectivity index (χ1n) is 8.46. The van der Waals surface area contributed by atoms with Gasteiger partial charge in [-0.25, -0.2) is 13.9 Å². The number of likely N-dealkylation sites (tertiary alicyclic amines) is 1. The van der Waals surface area contributed by atoms with Crippen molar-refractivity contribution in [3.05, 3.63) is 48.0 Å². The number of rotatable bonds is 4. The van der Waals surface area contributed by atoms with E-state index in [2.05, 4.69) is 10.4 Å². The number of hydrogen-bond acceptors (Lipinski definition) is 3. The first-order valence-corrected chi connectivity index (χ1v) is 8.46. The Morgan fingerprint density at radius 1 is 1.36 bits per heavy atom. The number of nitrogens with one attached hydrogen (secondary N) is 1. The number of methoxy groups -OCH3 is 1. The smallest absolute Gasteiger partial charge is 0.317 e. The Morgan fingerprint density at radius 3 is 2.76 bits per heavy atom. The molecular formula is C18H23FN4O2. The van der Waals surface area contributed by atoms with Crippen molar-refractivity contribution in [1.29, 1.82) is 0 Å². The predicted molar refractivity (Wildman–Crippen MR) is 92.1 cm³/mol. The molecule has 2 aromatic rings. The summed E-state index contributed by atoms with van der Waals surface area (Å²) in [4.78, 5) is 14.2. The molecule has 25 heavy (non-hydrogen) atoms. The lowest BCUT2D eigenvalue weighted by Gasteiger charge is -2.32. The Hall–Kier alpha value is -2.41. The molecule has 0 bridgehead atoms. The average Bonchev–Trinajstić information content (AvgIpc) is 3.12. The number of urea groups is 1. The minimum absolute atomic E-state index is 0.0966. The molecule has 2 amide bonds. The van der Waals surface area contributed by atoms with Crippen molar-refractivity contribution in [2.24, 2.45) is 0 Å². The Bertz CT molecular complexity index is 725. The number of amides is 2. The number of aromatic nitrogens is 2. The third-order valence-electron chi connectivity index (χ3n) is 4.60. The number of piperidine rings is 1. The van der Waals surface area contributed by atoms with Crippen LogP contribution in [0.4, 0.5) is 9.18 Å². The number of carbonyl (C=O) groups is 1. The van der Waals surface area contributed by atoms with Gasteiger partial charge in [0.15, 0.2) is 0 Å². The topological polar surface area (TPSA) is 59.4 Å². The summed E-state index contributed by atoms with van der Waals surface area (Å²) in [6.07, 6.45) is 5.32. The van der Waals surface area contributed by atoms with E-state index in [4.69, 9.17) is 4.74 Å². The van der Waals surface area contributed by atoms with E-state index >= 15 is 0 Å².